The lowest BCUT2D eigenvalue weighted by atomic mass is 9.78. The molecule has 2 fully saturated rings. The standard InChI is InChI=1S/C24H27FN2O2/c25-21-9-3-1-7-20(21)16-26-23(28)18-11-13-19(14-12-18)24(29)27-15-5-8-17-6-2-4-10-22(17)27/h1,3,7,9,11-14,17,22H,2,4-6,8,10,15-16H2,(H,26,28). The highest BCUT2D eigenvalue weighted by atomic mass is 19.1. The molecule has 2 aromatic carbocycles. The molecule has 1 N–H and O–H groups in total. The monoisotopic (exact) mass is 394 g/mol. The van der Waals surface area contributed by atoms with Gasteiger partial charge in [-0.25, -0.2) is 4.39 Å². The average molecular weight is 394 g/mol. The summed E-state index contributed by atoms with van der Waals surface area (Å²) in [6.07, 6.45) is 7.12. The minimum atomic E-state index is -0.337. The Hall–Kier alpha value is -2.69. The first-order valence-electron chi connectivity index (χ1n) is 10.6. The fourth-order valence-corrected chi connectivity index (χ4v) is 4.73. The smallest absolute Gasteiger partial charge is 0.254 e. The zero-order chi connectivity index (χ0) is 20.2. The average Bonchev–Trinajstić information content (AvgIpc) is 2.77. The largest absolute Gasteiger partial charge is 0.348 e. The quantitative estimate of drug-likeness (QED) is 0.827. The molecule has 1 aliphatic carbocycles. The second-order valence-electron chi connectivity index (χ2n) is 8.10. The number of carbonyl (C=O) groups is 2. The molecule has 5 heteroatoms. The lowest BCUT2D eigenvalue weighted by Crippen LogP contribution is -2.49. The molecule has 1 aliphatic heterocycles. The van der Waals surface area contributed by atoms with Crippen molar-refractivity contribution in [3.63, 3.8) is 0 Å². The number of benzene rings is 2. The van der Waals surface area contributed by atoms with E-state index in [0.29, 0.717) is 28.7 Å². The van der Waals surface area contributed by atoms with Gasteiger partial charge in [-0.15, -0.1) is 0 Å². The Labute approximate surface area is 171 Å². The number of nitrogens with zero attached hydrogens (tertiary/aromatic N) is 1. The van der Waals surface area contributed by atoms with Crippen LogP contribution < -0.4 is 5.32 Å². The van der Waals surface area contributed by atoms with Crippen LogP contribution in [-0.4, -0.2) is 29.3 Å². The number of rotatable bonds is 4. The van der Waals surface area contributed by atoms with Crippen LogP contribution in [0.1, 0.15) is 64.8 Å². The molecule has 2 amide bonds. The van der Waals surface area contributed by atoms with Crippen LogP contribution in [0.3, 0.4) is 0 Å². The first-order chi connectivity index (χ1) is 14.1. The number of piperidine rings is 1. The first kappa shape index (κ1) is 19.6. The van der Waals surface area contributed by atoms with Crippen molar-refractivity contribution in [2.75, 3.05) is 6.54 Å². The minimum absolute atomic E-state index is 0.0694. The second kappa shape index (κ2) is 8.76. The highest BCUT2D eigenvalue weighted by Crippen LogP contribution is 2.35. The van der Waals surface area contributed by atoms with E-state index in [1.807, 2.05) is 0 Å². The number of hydrogen-bond donors (Lipinski definition) is 1. The summed E-state index contributed by atoms with van der Waals surface area (Å²) >= 11 is 0. The molecule has 1 saturated carbocycles. The highest BCUT2D eigenvalue weighted by Gasteiger charge is 2.35. The molecule has 0 bridgehead atoms. The zero-order valence-electron chi connectivity index (χ0n) is 16.6. The fourth-order valence-electron chi connectivity index (χ4n) is 4.73. The molecular weight excluding hydrogens is 367 g/mol. The molecule has 1 heterocycles. The van der Waals surface area contributed by atoms with Crippen molar-refractivity contribution in [2.24, 2.45) is 5.92 Å². The zero-order valence-corrected chi connectivity index (χ0v) is 16.6. The Bertz CT molecular complexity index is 879. The Kier molecular flexibility index (Phi) is 5.93. The maximum Gasteiger partial charge on any atom is 0.254 e. The summed E-state index contributed by atoms with van der Waals surface area (Å²) in [7, 11) is 0. The summed E-state index contributed by atoms with van der Waals surface area (Å²) in [5.74, 6) is 0.0960. The summed E-state index contributed by atoms with van der Waals surface area (Å²) in [4.78, 5) is 27.5. The van der Waals surface area contributed by atoms with Crippen LogP contribution in [0.15, 0.2) is 48.5 Å². The predicted octanol–water partition coefficient (Wildman–Crippen LogP) is 4.55. The third-order valence-electron chi connectivity index (χ3n) is 6.30. The maximum atomic E-state index is 13.7. The van der Waals surface area contributed by atoms with Gasteiger partial charge in [-0.05, 0) is 61.9 Å². The molecule has 2 unspecified atom stereocenters. The number of amides is 2. The molecule has 29 heavy (non-hydrogen) atoms. The van der Waals surface area contributed by atoms with Gasteiger partial charge in [0.15, 0.2) is 0 Å². The van der Waals surface area contributed by atoms with Gasteiger partial charge in [-0.1, -0.05) is 31.0 Å². The van der Waals surface area contributed by atoms with Crippen molar-refractivity contribution in [1.82, 2.24) is 10.2 Å². The normalized spacial score (nSPS) is 21.3. The third kappa shape index (κ3) is 4.34. The van der Waals surface area contributed by atoms with Crippen LogP contribution >= 0.6 is 0 Å². The summed E-state index contributed by atoms with van der Waals surface area (Å²) < 4.78 is 13.7. The maximum absolute atomic E-state index is 13.7. The Morgan fingerprint density at radius 1 is 0.931 bits per heavy atom. The van der Waals surface area contributed by atoms with Gasteiger partial charge in [0.05, 0.1) is 0 Å². The van der Waals surface area contributed by atoms with E-state index in [4.69, 9.17) is 0 Å². The van der Waals surface area contributed by atoms with E-state index in [2.05, 4.69) is 10.2 Å². The van der Waals surface area contributed by atoms with Gasteiger partial charge in [-0.2, -0.15) is 0 Å². The van der Waals surface area contributed by atoms with Crippen molar-refractivity contribution < 1.29 is 14.0 Å². The summed E-state index contributed by atoms with van der Waals surface area (Å²) in [5, 5.41) is 2.73. The van der Waals surface area contributed by atoms with E-state index in [1.54, 1.807) is 42.5 Å². The van der Waals surface area contributed by atoms with Crippen LogP contribution in [-0.2, 0) is 6.54 Å². The summed E-state index contributed by atoms with van der Waals surface area (Å²) in [6, 6.07) is 13.6. The molecule has 1 saturated heterocycles. The Morgan fingerprint density at radius 3 is 2.41 bits per heavy atom. The minimum Gasteiger partial charge on any atom is -0.348 e. The van der Waals surface area contributed by atoms with Crippen molar-refractivity contribution in [1.29, 1.82) is 0 Å². The van der Waals surface area contributed by atoms with Gasteiger partial charge < -0.3 is 10.2 Å². The van der Waals surface area contributed by atoms with Crippen molar-refractivity contribution >= 4 is 11.8 Å². The Morgan fingerprint density at radius 2 is 1.62 bits per heavy atom. The molecule has 2 atom stereocenters. The molecular formula is C24H27FN2O2. The Balaban J connectivity index is 1.40. The topological polar surface area (TPSA) is 49.4 Å². The van der Waals surface area contributed by atoms with E-state index in [0.717, 1.165) is 19.4 Å². The van der Waals surface area contributed by atoms with Gasteiger partial charge in [0.25, 0.3) is 11.8 Å². The van der Waals surface area contributed by atoms with Crippen LogP contribution in [0.5, 0.6) is 0 Å². The molecule has 0 spiro atoms. The molecule has 0 aromatic heterocycles. The van der Waals surface area contributed by atoms with Crippen molar-refractivity contribution in [3.8, 4) is 0 Å². The summed E-state index contributed by atoms with van der Waals surface area (Å²) in [5.41, 5.74) is 1.54. The van der Waals surface area contributed by atoms with Crippen molar-refractivity contribution in [2.45, 2.75) is 51.1 Å². The van der Waals surface area contributed by atoms with Gasteiger partial charge >= 0.3 is 0 Å². The number of halogens is 1. The fraction of sp³-hybridized carbons (Fsp3) is 0.417. The van der Waals surface area contributed by atoms with Crippen molar-refractivity contribution in [3.05, 3.63) is 71.0 Å². The van der Waals surface area contributed by atoms with Gasteiger partial charge in [-0.3, -0.25) is 9.59 Å². The van der Waals surface area contributed by atoms with E-state index in [1.165, 1.54) is 31.7 Å². The number of fused-ring (bicyclic) bond motifs is 1. The first-order valence-corrected chi connectivity index (χ1v) is 10.6. The lowest BCUT2D eigenvalue weighted by Gasteiger charge is -2.44. The lowest BCUT2D eigenvalue weighted by molar-refractivity contribution is 0.0390. The third-order valence-corrected chi connectivity index (χ3v) is 6.30. The van der Waals surface area contributed by atoms with Crippen LogP contribution in [0.2, 0.25) is 0 Å². The van der Waals surface area contributed by atoms with Crippen LogP contribution in [0.4, 0.5) is 4.39 Å². The van der Waals surface area contributed by atoms with Crippen LogP contribution in [0, 0.1) is 11.7 Å². The summed E-state index contributed by atoms with van der Waals surface area (Å²) in [6.45, 7) is 0.952. The van der Waals surface area contributed by atoms with E-state index < -0.39 is 0 Å². The van der Waals surface area contributed by atoms with Gasteiger partial charge in [0.2, 0.25) is 0 Å². The second-order valence-corrected chi connectivity index (χ2v) is 8.10. The molecule has 4 nitrogen and oxygen atoms in total. The van der Waals surface area contributed by atoms with Crippen LogP contribution in [0.25, 0.3) is 0 Å². The highest BCUT2D eigenvalue weighted by molar-refractivity contribution is 5.98. The molecule has 2 aliphatic rings. The number of carbonyl (C=O) groups excluding carboxylic acids is 2. The number of hydrogen-bond acceptors (Lipinski definition) is 2. The number of likely N-dealkylation sites (tertiary alicyclic amines) is 1. The molecule has 2 aromatic rings. The van der Waals surface area contributed by atoms with E-state index in [9.17, 15) is 14.0 Å². The molecule has 4 rings (SSSR count). The number of nitrogens with one attached hydrogen (secondary N) is 1. The van der Waals surface area contributed by atoms with Gasteiger partial charge in [0.1, 0.15) is 5.82 Å². The van der Waals surface area contributed by atoms with Gasteiger partial charge in [0, 0.05) is 35.8 Å². The predicted molar refractivity (Wildman–Crippen MR) is 110 cm³/mol. The van der Waals surface area contributed by atoms with E-state index in [-0.39, 0.29) is 24.2 Å². The SMILES string of the molecule is O=C(NCc1ccccc1F)c1ccc(C(=O)N2CCCC3CCCCC32)cc1. The van der Waals surface area contributed by atoms with E-state index >= 15 is 0 Å². The molecule has 152 valence electrons. The molecule has 0 radical (unpaired) electrons.